The minimum atomic E-state index is -0.809. The molecule has 2 aromatic heterocycles. The van der Waals surface area contributed by atoms with Gasteiger partial charge in [-0.2, -0.15) is 0 Å². The smallest absolute Gasteiger partial charge is 0.341 e. The van der Waals surface area contributed by atoms with E-state index in [1.807, 2.05) is 59.2 Å². The number of aromatic nitrogens is 3. The third-order valence-electron chi connectivity index (χ3n) is 5.81. The monoisotopic (exact) mass is 497 g/mol. The number of ether oxygens (including phenoxy) is 1. The van der Waals surface area contributed by atoms with Crippen molar-refractivity contribution in [1.82, 2.24) is 14.5 Å². The molecule has 0 saturated carbocycles. The van der Waals surface area contributed by atoms with E-state index in [2.05, 4.69) is 57.3 Å². The van der Waals surface area contributed by atoms with Crippen LogP contribution in [0.2, 0.25) is 0 Å². The van der Waals surface area contributed by atoms with Gasteiger partial charge in [0.2, 0.25) is 0 Å². The summed E-state index contributed by atoms with van der Waals surface area (Å²) in [6.07, 6.45) is 3.45. The zero-order valence-corrected chi connectivity index (χ0v) is 19.4. The molecule has 0 amide bonds. The van der Waals surface area contributed by atoms with Crippen molar-refractivity contribution in [3.8, 4) is 0 Å². The third kappa shape index (κ3) is 3.43. The number of nitrogens with zero attached hydrogens (tertiary/aromatic N) is 3. The second-order valence-corrected chi connectivity index (χ2v) is 8.39. The number of rotatable bonds is 5. The highest BCUT2D eigenvalue weighted by Gasteiger charge is 2.40. The van der Waals surface area contributed by atoms with E-state index in [4.69, 9.17) is 9.72 Å². The first-order valence-electron chi connectivity index (χ1n) is 10.4. The van der Waals surface area contributed by atoms with Crippen LogP contribution in [0.3, 0.4) is 0 Å². The van der Waals surface area contributed by atoms with Gasteiger partial charge in [0.1, 0.15) is 21.2 Å². The molecule has 2 heterocycles. The molecule has 5 aromatic rings. The quantitative estimate of drug-likeness (QED) is 0.226. The van der Waals surface area contributed by atoms with Gasteiger partial charge in [0.05, 0.1) is 13.3 Å². The van der Waals surface area contributed by atoms with Crippen molar-refractivity contribution in [3.63, 3.8) is 0 Å². The van der Waals surface area contributed by atoms with E-state index in [0.29, 0.717) is 21.3 Å². The number of hydrogen-bond donors (Lipinski definition) is 0. The minimum Gasteiger partial charge on any atom is -0.465 e. The maximum absolute atomic E-state index is 12.8. The molecule has 0 aliphatic heterocycles. The first-order chi connectivity index (χ1) is 16.2. The number of esters is 1. The molecule has 0 aliphatic carbocycles. The molecule has 0 fully saturated rings. The van der Waals surface area contributed by atoms with Crippen LogP contribution >= 0.6 is 15.9 Å². The van der Waals surface area contributed by atoms with Crippen LogP contribution in [-0.2, 0) is 10.3 Å². The number of halogens is 1. The Morgan fingerprint density at radius 1 is 0.848 bits per heavy atom. The van der Waals surface area contributed by atoms with Crippen LogP contribution < -0.4 is 0 Å². The maximum Gasteiger partial charge on any atom is 0.341 e. The fourth-order valence-corrected chi connectivity index (χ4v) is 4.72. The molecule has 5 nitrogen and oxygen atoms in total. The van der Waals surface area contributed by atoms with Crippen molar-refractivity contribution in [2.75, 3.05) is 7.11 Å². The second-order valence-electron chi connectivity index (χ2n) is 7.58. The molecule has 0 atom stereocenters. The van der Waals surface area contributed by atoms with Crippen molar-refractivity contribution < 1.29 is 9.53 Å². The first kappa shape index (κ1) is 21.1. The van der Waals surface area contributed by atoms with Crippen LogP contribution in [0, 0.1) is 0 Å². The van der Waals surface area contributed by atoms with E-state index in [9.17, 15) is 4.79 Å². The Kier molecular flexibility index (Phi) is 5.52. The molecule has 0 aliphatic rings. The summed E-state index contributed by atoms with van der Waals surface area (Å²) in [7, 11) is 1.37. The first-order valence-corrected chi connectivity index (χ1v) is 11.2. The standard InChI is InChI=1S/C27H20BrN3O2/c1-33-26(32)22-18-31(25-24(22)30-23(28)17-29-25)27(19-11-5-2-6-12-19,20-13-7-3-8-14-20)21-15-9-4-10-16-21/h2-18H,1H3. The fourth-order valence-electron chi connectivity index (χ4n) is 4.44. The molecule has 3 aromatic carbocycles. The van der Waals surface area contributed by atoms with Crippen molar-refractivity contribution >= 4 is 33.1 Å². The summed E-state index contributed by atoms with van der Waals surface area (Å²) in [5.41, 5.74) is 3.69. The molecule has 0 spiro atoms. The average molecular weight is 498 g/mol. The van der Waals surface area contributed by atoms with Crippen LogP contribution in [0.15, 0.2) is 108 Å². The third-order valence-corrected chi connectivity index (χ3v) is 6.19. The van der Waals surface area contributed by atoms with E-state index >= 15 is 0 Å². The molecule has 6 heteroatoms. The van der Waals surface area contributed by atoms with Gasteiger partial charge in [-0.3, -0.25) is 0 Å². The molecule has 0 unspecified atom stereocenters. The number of fused-ring (bicyclic) bond motifs is 1. The van der Waals surface area contributed by atoms with Crippen LogP contribution in [0.4, 0.5) is 0 Å². The van der Waals surface area contributed by atoms with Crippen LogP contribution in [0.25, 0.3) is 11.2 Å². The number of hydrogen-bond acceptors (Lipinski definition) is 4. The van der Waals surface area contributed by atoms with Crippen molar-refractivity contribution in [2.45, 2.75) is 5.54 Å². The van der Waals surface area contributed by atoms with Gasteiger partial charge >= 0.3 is 5.97 Å². The Morgan fingerprint density at radius 2 is 1.33 bits per heavy atom. The van der Waals surface area contributed by atoms with Crippen molar-refractivity contribution in [1.29, 1.82) is 0 Å². The Hall–Kier alpha value is -3.77. The van der Waals surface area contributed by atoms with E-state index in [1.165, 1.54) is 7.11 Å². The van der Waals surface area contributed by atoms with E-state index in [0.717, 1.165) is 16.7 Å². The van der Waals surface area contributed by atoms with Crippen LogP contribution in [0.5, 0.6) is 0 Å². The number of carbonyl (C=O) groups is 1. The Bertz CT molecular complexity index is 1320. The SMILES string of the molecule is COC(=O)c1cn(C(c2ccccc2)(c2ccccc2)c2ccccc2)c2ncc(Br)nc12. The average Bonchev–Trinajstić information content (AvgIpc) is 3.25. The van der Waals surface area contributed by atoms with E-state index < -0.39 is 11.5 Å². The van der Waals surface area contributed by atoms with Gasteiger partial charge in [0, 0.05) is 6.20 Å². The lowest BCUT2D eigenvalue weighted by atomic mass is 9.76. The number of benzene rings is 3. The molecule has 0 saturated heterocycles. The molecular weight excluding hydrogens is 478 g/mol. The molecule has 0 N–H and O–H groups in total. The zero-order chi connectivity index (χ0) is 22.8. The lowest BCUT2D eigenvalue weighted by Gasteiger charge is -2.38. The maximum atomic E-state index is 12.8. The van der Waals surface area contributed by atoms with E-state index in [-0.39, 0.29) is 0 Å². The summed E-state index contributed by atoms with van der Waals surface area (Å²) in [4.78, 5) is 22.1. The predicted molar refractivity (Wildman–Crippen MR) is 131 cm³/mol. The molecule has 5 rings (SSSR count). The highest BCUT2D eigenvalue weighted by molar-refractivity contribution is 9.10. The van der Waals surface area contributed by atoms with Gasteiger partial charge in [0.25, 0.3) is 0 Å². The fraction of sp³-hybridized carbons (Fsp3) is 0.0741. The summed E-state index contributed by atoms with van der Waals surface area (Å²) in [5.74, 6) is -0.464. The van der Waals surface area contributed by atoms with Gasteiger partial charge in [0.15, 0.2) is 5.65 Å². The van der Waals surface area contributed by atoms with Crippen molar-refractivity contribution in [2.24, 2.45) is 0 Å². The normalized spacial score (nSPS) is 11.5. The lowest BCUT2D eigenvalue weighted by Crippen LogP contribution is -2.37. The lowest BCUT2D eigenvalue weighted by molar-refractivity contribution is 0.0602. The zero-order valence-electron chi connectivity index (χ0n) is 17.9. The molecule has 0 radical (unpaired) electrons. The summed E-state index contributed by atoms with van der Waals surface area (Å²) in [5, 5.41) is 0. The van der Waals surface area contributed by atoms with Crippen molar-refractivity contribution in [3.05, 3.63) is 130 Å². The van der Waals surface area contributed by atoms with Gasteiger partial charge in [-0.15, -0.1) is 0 Å². The largest absolute Gasteiger partial charge is 0.465 e. The summed E-state index contributed by atoms with van der Waals surface area (Å²) in [6.45, 7) is 0. The minimum absolute atomic E-state index is 0.355. The molecule has 162 valence electrons. The number of methoxy groups -OCH3 is 1. The molecule has 0 bridgehead atoms. The Labute approximate surface area is 199 Å². The second kappa shape index (κ2) is 8.64. The van der Waals surface area contributed by atoms with Gasteiger partial charge in [-0.25, -0.2) is 14.8 Å². The summed E-state index contributed by atoms with van der Waals surface area (Å²) in [6, 6.07) is 30.7. The summed E-state index contributed by atoms with van der Waals surface area (Å²) < 4.78 is 7.67. The van der Waals surface area contributed by atoms with Gasteiger partial charge in [-0.05, 0) is 32.6 Å². The Balaban J connectivity index is 1.99. The highest BCUT2D eigenvalue weighted by Crippen LogP contribution is 2.43. The van der Waals surface area contributed by atoms with Gasteiger partial charge < -0.3 is 9.30 Å². The topological polar surface area (TPSA) is 57.0 Å². The summed E-state index contributed by atoms with van der Waals surface area (Å²) >= 11 is 3.40. The van der Waals surface area contributed by atoms with Crippen LogP contribution in [0.1, 0.15) is 27.0 Å². The van der Waals surface area contributed by atoms with Crippen LogP contribution in [-0.4, -0.2) is 27.6 Å². The van der Waals surface area contributed by atoms with Gasteiger partial charge in [-0.1, -0.05) is 91.0 Å². The molecular formula is C27H20BrN3O2. The van der Waals surface area contributed by atoms with E-state index in [1.54, 1.807) is 12.4 Å². The predicted octanol–water partition coefficient (Wildman–Crippen LogP) is 5.82. The number of carbonyl (C=O) groups excluding carboxylic acids is 1. The highest BCUT2D eigenvalue weighted by atomic mass is 79.9. The molecule has 33 heavy (non-hydrogen) atoms. The Morgan fingerprint density at radius 3 is 1.79 bits per heavy atom.